The van der Waals surface area contributed by atoms with Crippen LogP contribution < -0.4 is 5.73 Å². The van der Waals surface area contributed by atoms with Gasteiger partial charge in [-0.2, -0.15) is 5.26 Å². The molecule has 2 N–H and O–H groups in total. The Hall–Kier alpha value is -1.74. The molecule has 0 radical (unpaired) electrons. The van der Waals surface area contributed by atoms with E-state index in [0.29, 0.717) is 4.90 Å². The van der Waals surface area contributed by atoms with E-state index in [1.165, 1.54) is 17.8 Å². The number of thioether (sulfide) groups is 1. The first-order chi connectivity index (χ1) is 6.61. The summed E-state index contributed by atoms with van der Waals surface area (Å²) in [6.45, 7) is 0. The number of anilines is 1. The molecule has 0 unspecified atom stereocenters. The molecule has 0 saturated carbocycles. The van der Waals surface area contributed by atoms with E-state index >= 15 is 0 Å². The molecule has 1 aromatic carbocycles. The predicted molar refractivity (Wildman–Crippen MR) is 54.0 cm³/mol. The minimum atomic E-state index is -0.631. The highest BCUT2D eigenvalue weighted by atomic mass is 32.2. The molecule has 1 rings (SSSR count). The van der Waals surface area contributed by atoms with Gasteiger partial charge in [-0.1, -0.05) is 0 Å². The van der Waals surface area contributed by atoms with E-state index in [9.17, 15) is 10.1 Å². The summed E-state index contributed by atoms with van der Waals surface area (Å²) in [4.78, 5) is 10.6. The molecule has 0 saturated heterocycles. The highest BCUT2D eigenvalue weighted by Crippen LogP contribution is 2.32. The van der Waals surface area contributed by atoms with Crippen molar-refractivity contribution < 1.29 is 4.92 Å². The number of nitrogen functional groups attached to an aromatic ring is 1. The Morgan fingerprint density at radius 1 is 1.64 bits per heavy atom. The third-order valence-corrected chi connectivity index (χ3v) is 2.47. The van der Waals surface area contributed by atoms with Crippen molar-refractivity contribution in [2.75, 3.05) is 12.0 Å². The van der Waals surface area contributed by atoms with Crippen LogP contribution in [0.1, 0.15) is 5.56 Å². The molecule has 14 heavy (non-hydrogen) atoms. The summed E-state index contributed by atoms with van der Waals surface area (Å²) in [6.07, 6.45) is 1.75. The smallest absolute Gasteiger partial charge is 0.310 e. The molecule has 0 bridgehead atoms. The topological polar surface area (TPSA) is 92.9 Å². The summed E-state index contributed by atoms with van der Waals surface area (Å²) in [7, 11) is 0. The first-order valence-electron chi connectivity index (χ1n) is 3.62. The van der Waals surface area contributed by atoms with Crippen molar-refractivity contribution in [3.05, 3.63) is 27.8 Å². The van der Waals surface area contributed by atoms with Crippen LogP contribution in [0.5, 0.6) is 0 Å². The van der Waals surface area contributed by atoms with Gasteiger partial charge in [0.15, 0.2) is 0 Å². The Balaban J connectivity index is 3.53. The van der Waals surface area contributed by atoms with Gasteiger partial charge in [-0.25, -0.2) is 0 Å². The van der Waals surface area contributed by atoms with Crippen LogP contribution in [0, 0.1) is 21.4 Å². The number of nitrogens with two attached hydrogens (primary N) is 1. The second-order valence-electron chi connectivity index (χ2n) is 2.45. The van der Waals surface area contributed by atoms with E-state index in [4.69, 9.17) is 11.0 Å². The van der Waals surface area contributed by atoms with Gasteiger partial charge in [-0.15, -0.1) is 11.8 Å². The zero-order valence-electron chi connectivity index (χ0n) is 7.35. The first kappa shape index (κ1) is 10.3. The lowest BCUT2D eigenvalue weighted by atomic mass is 10.1. The molecule has 72 valence electrons. The summed E-state index contributed by atoms with van der Waals surface area (Å²) >= 11 is 1.28. The SMILES string of the molecule is CSc1ccc(N)c([N+](=O)[O-])c1C#N. The van der Waals surface area contributed by atoms with Gasteiger partial charge in [0, 0.05) is 4.90 Å². The molecule has 0 heterocycles. The monoisotopic (exact) mass is 209 g/mol. The molecule has 6 heteroatoms. The van der Waals surface area contributed by atoms with E-state index in [-0.39, 0.29) is 16.9 Å². The predicted octanol–water partition coefficient (Wildman–Crippen LogP) is 1.77. The van der Waals surface area contributed by atoms with Gasteiger partial charge in [0.05, 0.1) is 4.92 Å². The summed E-state index contributed by atoms with van der Waals surface area (Å²) in [5.74, 6) is 0. The molecule has 0 spiro atoms. The van der Waals surface area contributed by atoms with Crippen LogP contribution in [0.25, 0.3) is 0 Å². The summed E-state index contributed by atoms with van der Waals surface area (Å²) in [5, 5.41) is 19.4. The van der Waals surface area contributed by atoms with Crippen LogP contribution in [0.3, 0.4) is 0 Å². The molecule has 1 aromatic rings. The number of hydrogen-bond donors (Lipinski definition) is 1. The molecule has 0 aromatic heterocycles. The molecular formula is C8H7N3O2S. The van der Waals surface area contributed by atoms with E-state index in [2.05, 4.69) is 0 Å². The molecule has 0 amide bonds. The number of nitro groups is 1. The van der Waals surface area contributed by atoms with E-state index in [0.717, 1.165) is 0 Å². The van der Waals surface area contributed by atoms with Gasteiger partial charge in [-0.3, -0.25) is 10.1 Å². The Morgan fingerprint density at radius 2 is 2.29 bits per heavy atom. The van der Waals surface area contributed by atoms with Crippen LogP contribution >= 0.6 is 11.8 Å². The Morgan fingerprint density at radius 3 is 2.71 bits per heavy atom. The number of benzene rings is 1. The average Bonchev–Trinajstić information content (AvgIpc) is 2.16. The highest BCUT2D eigenvalue weighted by molar-refractivity contribution is 7.98. The second-order valence-corrected chi connectivity index (χ2v) is 3.30. The molecule has 0 fully saturated rings. The Kier molecular flexibility index (Phi) is 2.94. The van der Waals surface area contributed by atoms with Crippen LogP contribution in [0.4, 0.5) is 11.4 Å². The van der Waals surface area contributed by atoms with Crippen molar-refractivity contribution in [1.82, 2.24) is 0 Å². The maximum atomic E-state index is 10.6. The van der Waals surface area contributed by atoms with Gasteiger partial charge in [0.25, 0.3) is 0 Å². The fourth-order valence-corrected chi connectivity index (χ4v) is 1.61. The Labute approximate surface area is 84.7 Å². The van der Waals surface area contributed by atoms with E-state index in [1.807, 2.05) is 0 Å². The average molecular weight is 209 g/mol. The lowest BCUT2D eigenvalue weighted by Gasteiger charge is -2.02. The van der Waals surface area contributed by atoms with Crippen molar-refractivity contribution in [2.45, 2.75) is 4.90 Å². The fourth-order valence-electron chi connectivity index (χ4n) is 1.06. The lowest BCUT2D eigenvalue weighted by Crippen LogP contribution is -1.99. The number of hydrogen-bond acceptors (Lipinski definition) is 5. The van der Waals surface area contributed by atoms with Gasteiger partial charge < -0.3 is 5.73 Å². The van der Waals surface area contributed by atoms with Gasteiger partial charge in [-0.05, 0) is 18.4 Å². The van der Waals surface area contributed by atoms with Crippen molar-refractivity contribution in [3.8, 4) is 6.07 Å². The van der Waals surface area contributed by atoms with Crippen LogP contribution in [-0.2, 0) is 0 Å². The van der Waals surface area contributed by atoms with Gasteiger partial charge in [0.2, 0.25) is 0 Å². The highest BCUT2D eigenvalue weighted by Gasteiger charge is 2.21. The summed E-state index contributed by atoms with van der Waals surface area (Å²) < 4.78 is 0. The van der Waals surface area contributed by atoms with Crippen molar-refractivity contribution >= 4 is 23.1 Å². The van der Waals surface area contributed by atoms with Crippen molar-refractivity contribution in [3.63, 3.8) is 0 Å². The third kappa shape index (κ3) is 1.63. The van der Waals surface area contributed by atoms with Gasteiger partial charge in [0.1, 0.15) is 17.3 Å². The van der Waals surface area contributed by atoms with E-state index < -0.39 is 4.92 Å². The van der Waals surface area contributed by atoms with Crippen LogP contribution in [0.2, 0.25) is 0 Å². The second kappa shape index (κ2) is 3.98. The Bertz CT molecular complexity index is 425. The number of nitro benzene ring substituents is 1. The number of nitrogens with zero attached hydrogens (tertiary/aromatic N) is 2. The third-order valence-electron chi connectivity index (χ3n) is 1.69. The van der Waals surface area contributed by atoms with E-state index in [1.54, 1.807) is 18.4 Å². The summed E-state index contributed by atoms with van der Waals surface area (Å²) in [5.41, 5.74) is 5.16. The zero-order chi connectivity index (χ0) is 10.7. The molecule has 0 atom stereocenters. The van der Waals surface area contributed by atoms with Gasteiger partial charge >= 0.3 is 5.69 Å². The molecule has 0 aliphatic rings. The van der Waals surface area contributed by atoms with Crippen LogP contribution in [0.15, 0.2) is 17.0 Å². The normalized spacial score (nSPS) is 9.43. The minimum absolute atomic E-state index is 0.0179. The standard InChI is InChI=1S/C8H7N3O2S/c1-14-7-3-2-6(10)8(11(12)13)5(7)4-9/h2-3H,10H2,1H3. The lowest BCUT2D eigenvalue weighted by molar-refractivity contribution is -0.384. The van der Waals surface area contributed by atoms with Crippen LogP contribution in [-0.4, -0.2) is 11.2 Å². The first-order valence-corrected chi connectivity index (χ1v) is 4.85. The number of nitriles is 1. The molecule has 5 nitrogen and oxygen atoms in total. The molecule has 0 aliphatic carbocycles. The van der Waals surface area contributed by atoms with Crippen molar-refractivity contribution in [2.24, 2.45) is 0 Å². The number of rotatable bonds is 2. The largest absolute Gasteiger partial charge is 0.393 e. The maximum absolute atomic E-state index is 10.6. The molecular weight excluding hydrogens is 202 g/mol. The summed E-state index contributed by atoms with van der Waals surface area (Å²) in [6, 6.07) is 4.83. The zero-order valence-corrected chi connectivity index (χ0v) is 8.17. The molecule has 0 aliphatic heterocycles. The minimum Gasteiger partial charge on any atom is -0.393 e. The quantitative estimate of drug-likeness (QED) is 0.347. The van der Waals surface area contributed by atoms with Crippen molar-refractivity contribution in [1.29, 1.82) is 5.26 Å². The fraction of sp³-hybridized carbons (Fsp3) is 0.125. The maximum Gasteiger partial charge on any atom is 0.310 e.